The summed E-state index contributed by atoms with van der Waals surface area (Å²) in [5.74, 6) is 0.885. The summed E-state index contributed by atoms with van der Waals surface area (Å²) in [6, 6.07) is 8.65. The van der Waals surface area contributed by atoms with Crippen LogP contribution >= 0.6 is 11.3 Å². The van der Waals surface area contributed by atoms with E-state index >= 15 is 0 Å². The molecule has 3 heterocycles. The van der Waals surface area contributed by atoms with E-state index in [1.807, 2.05) is 0 Å². The Bertz CT molecular complexity index is 1440. The summed E-state index contributed by atoms with van der Waals surface area (Å²) >= 11 is 0.955. The zero-order valence-electron chi connectivity index (χ0n) is 20.6. The van der Waals surface area contributed by atoms with E-state index in [1.165, 1.54) is 37.9 Å². The number of anilines is 2. The van der Waals surface area contributed by atoms with E-state index in [0.717, 1.165) is 11.3 Å². The smallest absolute Gasteiger partial charge is 0.325 e. The molecule has 0 N–H and O–H groups in total. The van der Waals surface area contributed by atoms with Crippen molar-refractivity contribution in [3.05, 3.63) is 50.4 Å². The number of hydrogen-bond donors (Lipinski definition) is 0. The van der Waals surface area contributed by atoms with Gasteiger partial charge < -0.3 is 28.4 Å². The normalized spacial score (nSPS) is 15.8. The number of carbonyl (C=O) groups excluding carboxylic acids is 2. The lowest BCUT2D eigenvalue weighted by Crippen LogP contribution is -2.36. The van der Waals surface area contributed by atoms with Gasteiger partial charge in [0.1, 0.15) is 18.1 Å². The fourth-order valence-electron chi connectivity index (χ4n) is 4.60. The molecule has 1 amide bonds. The molecule has 2 aromatic carbocycles. The molecule has 0 fully saturated rings. The van der Waals surface area contributed by atoms with Crippen LogP contribution in [-0.2, 0) is 20.9 Å². The van der Waals surface area contributed by atoms with Gasteiger partial charge in [0.2, 0.25) is 24.2 Å². The molecule has 0 unspecified atom stereocenters. The third kappa shape index (κ3) is 4.02. The fourth-order valence-corrected chi connectivity index (χ4v) is 5.70. The van der Waals surface area contributed by atoms with Gasteiger partial charge in [0.15, 0.2) is 11.5 Å². The highest BCUT2D eigenvalue weighted by Crippen LogP contribution is 2.55. The molecule has 3 aromatic rings. The standard InChI is InChI=1S/C25H24N2O9S/c1-31-14-7-5-6-13(8-14)27-18(28)10-16(23-24(27)26(25(30)37-23)11-19(29)33-3)15-9-17(32-2)21-22(20(15)34-4)36-12-35-21/h5-9,16H,10-12H2,1-4H3/t16-/m0/s1. The van der Waals surface area contributed by atoms with E-state index < -0.39 is 16.8 Å². The Morgan fingerprint density at radius 2 is 1.84 bits per heavy atom. The van der Waals surface area contributed by atoms with Crippen molar-refractivity contribution in [2.45, 2.75) is 18.9 Å². The van der Waals surface area contributed by atoms with Crippen molar-refractivity contribution < 1.29 is 38.0 Å². The maximum Gasteiger partial charge on any atom is 0.325 e. The second-order valence-electron chi connectivity index (χ2n) is 8.17. The summed E-state index contributed by atoms with van der Waals surface area (Å²) in [5, 5.41) is 0. The van der Waals surface area contributed by atoms with Crippen molar-refractivity contribution >= 4 is 34.7 Å². The lowest BCUT2D eigenvalue weighted by molar-refractivity contribution is -0.141. The van der Waals surface area contributed by atoms with Gasteiger partial charge in [-0.25, -0.2) is 0 Å². The summed E-state index contributed by atoms with van der Waals surface area (Å²) in [4.78, 5) is 40.8. The molecule has 12 heteroatoms. The molecule has 0 saturated heterocycles. The third-order valence-electron chi connectivity index (χ3n) is 6.27. The van der Waals surface area contributed by atoms with Crippen molar-refractivity contribution in [2.24, 2.45) is 0 Å². The molecule has 0 aliphatic carbocycles. The van der Waals surface area contributed by atoms with Gasteiger partial charge in [0.05, 0.1) is 39.0 Å². The van der Waals surface area contributed by atoms with Crippen LogP contribution in [0.1, 0.15) is 22.8 Å². The van der Waals surface area contributed by atoms with E-state index in [-0.39, 0.29) is 31.5 Å². The minimum absolute atomic E-state index is 0.00713. The number of amides is 1. The topological polar surface area (TPSA) is 115 Å². The van der Waals surface area contributed by atoms with Gasteiger partial charge >= 0.3 is 10.8 Å². The summed E-state index contributed by atoms with van der Waals surface area (Å²) < 4.78 is 33.8. The van der Waals surface area contributed by atoms with Crippen LogP contribution in [0.15, 0.2) is 35.1 Å². The minimum atomic E-state index is -0.620. The molecule has 37 heavy (non-hydrogen) atoms. The molecule has 194 valence electrons. The zero-order chi connectivity index (χ0) is 26.3. The highest BCUT2D eigenvalue weighted by molar-refractivity contribution is 7.10. The second kappa shape index (κ2) is 9.69. The predicted molar refractivity (Wildman–Crippen MR) is 133 cm³/mol. The highest BCUT2D eigenvalue weighted by atomic mass is 32.1. The molecule has 0 spiro atoms. The molecule has 11 nitrogen and oxygen atoms in total. The molecule has 2 aliphatic heterocycles. The molecule has 0 bridgehead atoms. The fraction of sp³-hybridized carbons (Fsp3) is 0.320. The first-order valence-electron chi connectivity index (χ1n) is 11.2. The monoisotopic (exact) mass is 528 g/mol. The Balaban J connectivity index is 1.74. The maximum absolute atomic E-state index is 13.8. The third-order valence-corrected chi connectivity index (χ3v) is 7.35. The minimum Gasteiger partial charge on any atom is -0.497 e. The molecule has 1 atom stereocenters. The number of esters is 1. The lowest BCUT2D eigenvalue weighted by atomic mass is 9.89. The maximum atomic E-state index is 13.8. The largest absolute Gasteiger partial charge is 0.497 e. The van der Waals surface area contributed by atoms with Crippen LogP contribution < -0.4 is 33.5 Å². The number of aromatic nitrogens is 1. The number of carbonyl (C=O) groups is 2. The Hall–Kier alpha value is -4.19. The molecular formula is C25H24N2O9S. The van der Waals surface area contributed by atoms with Crippen LogP contribution in [0.3, 0.4) is 0 Å². The van der Waals surface area contributed by atoms with Gasteiger partial charge in [-0.05, 0) is 18.2 Å². The van der Waals surface area contributed by atoms with Crippen LogP contribution in [0.2, 0.25) is 0 Å². The Labute approximate surface area is 215 Å². The number of nitrogens with zero attached hydrogens (tertiary/aromatic N) is 2. The number of methoxy groups -OCH3 is 4. The molecule has 5 rings (SSSR count). The molecule has 1 aromatic heterocycles. The van der Waals surface area contributed by atoms with Gasteiger partial charge in [-0.1, -0.05) is 17.4 Å². The van der Waals surface area contributed by atoms with Gasteiger partial charge in [-0.15, -0.1) is 0 Å². The Morgan fingerprint density at radius 3 is 2.54 bits per heavy atom. The van der Waals surface area contributed by atoms with Crippen LogP contribution in [0.4, 0.5) is 11.5 Å². The average molecular weight is 529 g/mol. The van der Waals surface area contributed by atoms with E-state index in [0.29, 0.717) is 44.9 Å². The van der Waals surface area contributed by atoms with E-state index in [4.69, 9.17) is 28.4 Å². The summed E-state index contributed by atoms with van der Waals surface area (Å²) in [5.41, 5.74) is 1.09. The first-order chi connectivity index (χ1) is 17.9. The van der Waals surface area contributed by atoms with Crippen LogP contribution in [0, 0.1) is 0 Å². The summed E-state index contributed by atoms with van der Waals surface area (Å²) in [6.07, 6.45) is 0.0154. The van der Waals surface area contributed by atoms with Crippen LogP contribution in [-0.4, -0.2) is 51.7 Å². The number of thiazole rings is 1. The van der Waals surface area contributed by atoms with Crippen molar-refractivity contribution in [3.8, 4) is 28.7 Å². The number of ether oxygens (including phenoxy) is 6. The molecule has 0 saturated carbocycles. The van der Waals surface area contributed by atoms with Crippen molar-refractivity contribution in [1.82, 2.24) is 4.57 Å². The lowest BCUT2D eigenvalue weighted by Gasteiger charge is -2.33. The zero-order valence-corrected chi connectivity index (χ0v) is 21.4. The number of benzene rings is 2. The number of rotatable bonds is 7. The molecule has 0 radical (unpaired) electrons. The van der Waals surface area contributed by atoms with Crippen LogP contribution in [0.5, 0.6) is 28.7 Å². The first-order valence-corrected chi connectivity index (χ1v) is 12.0. The average Bonchev–Trinajstić information content (AvgIpc) is 3.52. The molecule has 2 aliphatic rings. The predicted octanol–water partition coefficient (Wildman–Crippen LogP) is 3.04. The van der Waals surface area contributed by atoms with Gasteiger partial charge in [0.25, 0.3) is 0 Å². The van der Waals surface area contributed by atoms with E-state index in [2.05, 4.69) is 0 Å². The van der Waals surface area contributed by atoms with Crippen LogP contribution in [0.25, 0.3) is 0 Å². The Morgan fingerprint density at radius 1 is 1.05 bits per heavy atom. The molecular weight excluding hydrogens is 504 g/mol. The van der Waals surface area contributed by atoms with Gasteiger partial charge in [-0.3, -0.25) is 23.9 Å². The van der Waals surface area contributed by atoms with Gasteiger partial charge in [0, 0.05) is 24.0 Å². The van der Waals surface area contributed by atoms with Gasteiger partial charge in [-0.2, -0.15) is 0 Å². The van der Waals surface area contributed by atoms with E-state index in [1.54, 1.807) is 30.3 Å². The SMILES string of the molecule is COC(=O)Cn1c2c(sc1=O)[C@H](c1cc(OC)c3c(c1OC)OCO3)CC(=O)N2c1cccc(OC)c1. The second-order valence-corrected chi connectivity index (χ2v) is 9.16. The Kier molecular flexibility index (Phi) is 6.42. The highest BCUT2D eigenvalue weighted by Gasteiger charge is 2.41. The quantitative estimate of drug-likeness (QED) is 0.427. The summed E-state index contributed by atoms with van der Waals surface area (Å²) in [7, 11) is 5.76. The first kappa shape index (κ1) is 24.5. The van der Waals surface area contributed by atoms with Crippen molar-refractivity contribution in [3.63, 3.8) is 0 Å². The van der Waals surface area contributed by atoms with Crippen molar-refractivity contribution in [2.75, 3.05) is 40.1 Å². The van der Waals surface area contributed by atoms with E-state index in [9.17, 15) is 14.4 Å². The number of fused-ring (bicyclic) bond motifs is 2. The number of hydrogen-bond acceptors (Lipinski definition) is 10. The van der Waals surface area contributed by atoms with Crippen molar-refractivity contribution in [1.29, 1.82) is 0 Å². The summed E-state index contributed by atoms with van der Waals surface area (Å²) in [6.45, 7) is -0.365.